The maximum atomic E-state index is 13.5. The number of non-ortho nitro benzene ring substituents is 1. The average Bonchev–Trinajstić information content (AvgIpc) is 3.29. The highest BCUT2D eigenvalue weighted by Gasteiger charge is 2.38. The van der Waals surface area contributed by atoms with Crippen molar-refractivity contribution >= 4 is 39.1 Å². The number of nitrogens with one attached hydrogen (secondary N) is 2. The van der Waals surface area contributed by atoms with Gasteiger partial charge in [-0.3, -0.25) is 25.4 Å². The number of hydrogen-bond acceptors (Lipinski definition) is 7. The van der Waals surface area contributed by atoms with E-state index in [-0.39, 0.29) is 16.5 Å². The number of aromatic nitrogens is 3. The molecule has 0 atom stereocenters. The Morgan fingerprint density at radius 3 is 2.55 bits per heavy atom. The van der Waals surface area contributed by atoms with Gasteiger partial charge in [-0.25, -0.2) is 4.98 Å². The van der Waals surface area contributed by atoms with Gasteiger partial charge in [-0.1, -0.05) is 23.5 Å². The predicted molar refractivity (Wildman–Crippen MR) is 109 cm³/mol. The lowest BCUT2D eigenvalue weighted by Gasteiger charge is -2.04. The minimum absolute atomic E-state index is 0.0553. The molecule has 0 aliphatic heterocycles. The molecule has 158 valence electrons. The highest BCUT2D eigenvalue weighted by atomic mass is 32.1. The zero-order valence-corrected chi connectivity index (χ0v) is 16.1. The van der Waals surface area contributed by atoms with Crippen LogP contribution >= 0.6 is 11.3 Å². The summed E-state index contributed by atoms with van der Waals surface area (Å²) in [6, 6.07) is 12.0. The average molecular weight is 448 g/mol. The fourth-order valence-corrected chi connectivity index (χ4v) is 3.63. The van der Waals surface area contributed by atoms with Crippen molar-refractivity contribution in [3.8, 4) is 5.13 Å². The third kappa shape index (κ3) is 4.02. The van der Waals surface area contributed by atoms with Crippen LogP contribution in [0.1, 0.15) is 11.3 Å². The summed E-state index contributed by atoms with van der Waals surface area (Å²) < 4.78 is 41.9. The van der Waals surface area contributed by atoms with Gasteiger partial charge < -0.3 is 0 Å². The highest BCUT2D eigenvalue weighted by molar-refractivity contribution is 7.20. The number of hydrogen-bond donors (Lipinski definition) is 2. The smallest absolute Gasteiger partial charge is 0.284 e. The zero-order valence-electron chi connectivity index (χ0n) is 15.3. The van der Waals surface area contributed by atoms with Crippen LogP contribution in [-0.4, -0.2) is 25.9 Å². The van der Waals surface area contributed by atoms with Gasteiger partial charge in [0.1, 0.15) is 0 Å². The van der Waals surface area contributed by atoms with E-state index in [0.29, 0.717) is 10.2 Å². The molecule has 2 aromatic heterocycles. The fraction of sp³-hybridized carbons (Fsp3) is 0.0556. The number of nitro groups is 1. The molecule has 0 unspecified atom stereocenters. The summed E-state index contributed by atoms with van der Waals surface area (Å²) in [5.41, 5.74) is 0.173. The summed E-state index contributed by atoms with van der Waals surface area (Å²) in [4.78, 5) is 26.9. The van der Waals surface area contributed by atoms with E-state index in [1.807, 2.05) is 0 Å². The van der Waals surface area contributed by atoms with Gasteiger partial charge in [-0.2, -0.15) is 23.0 Å². The summed E-state index contributed by atoms with van der Waals surface area (Å²) >= 11 is 1.06. The summed E-state index contributed by atoms with van der Waals surface area (Å²) in [7, 11) is 0. The molecule has 0 spiro atoms. The molecule has 0 aliphatic rings. The maximum absolute atomic E-state index is 13.5. The summed E-state index contributed by atoms with van der Waals surface area (Å²) in [5, 5.41) is 16.5. The topological polar surface area (TPSA) is 118 Å². The second kappa shape index (κ2) is 7.68. The Kier molecular flexibility index (Phi) is 5.02. The van der Waals surface area contributed by atoms with Crippen LogP contribution < -0.4 is 11.0 Å². The molecular formula is C18H11F3N6O3S. The van der Waals surface area contributed by atoms with Crippen LogP contribution in [0.15, 0.2) is 58.4 Å². The first-order chi connectivity index (χ1) is 14.7. The van der Waals surface area contributed by atoms with E-state index in [9.17, 15) is 28.1 Å². The number of alkyl halides is 3. The Morgan fingerprint density at radius 1 is 1.19 bits per heavy atom. The lowest BCUT2D eigenvalue weighted by molar-refractivity contribution is -0.384. The molecule has 0 fully saturated rings. The van der Waals surface area contributed by atoms with Crippen LogP contribution in [0.2, 0.25) is 0 Å². The van der Waals surface area contributed by atoms with Gasteiger partial charge in [-0.05, 0) is 24.3 Å². The normalized spacial score (nSPS) is 12.0. The number of hydrazone groups is 1. The van der Waals surface area contributed by atoms with E-state index in [1.165, 1.54) is 24.3 Å². The predicted octanol–water partition coefficient (Wildman–Crippen LogP) is 4.15. The van der Waals surface area contributed by atoms with E-state index in [2.05, 4.69) is 20.6 Å². The minimum Gasteiger partial charge on any atom is -0.284 e. The number of para-hydroxylation sites is 1. The zero-order chi connectivity index (χ0) is 22.2. The van der Waals surface area contributed by atoms with Crippen LogP contribution in [0.4, 0.5) is 24.5 Å². The lowest BCUT2D eigenvalue weighted by Crippen LogP contribution is -2.17. The third-order valence-corrected chi connectivity index (χ3v) is 5.17. The minimum atomic E-state index is -4.84. The van der Waals surface area contributed by atoms with E-state index in [4.69, 9.17) is 0 Å². The number of benzene rings is 2. The highest BCUT2D eigenvalue weighted by Crippen LogP contribution is 2.30. The molecule has 0 aliphatic carbocycles. The standard InChI is InChI=1S/C18H11F3N6O3S/c19-18(20,21)15-12(9-22-24-10-5-7-11(8-6-10)27(29)30)16(28)26(25-15)17-23-13-3-1-2-4-14(13)31-17/h1-9,24-25H/b22-9+. The molecule has 0 amide bonds. The van der Waals surface area contributed by atoms with Crippen LogP contribution in [0.25, 0.3) is 15.3 Å². The number of nitrogens with zero attached hydrogens (tertiary/aromatic N) is 4. The number of halogens is 3. The van der Waals surface area contributed by atoms with Crippen LogP contribution in [0.5, 0.6) is 0 Å². The van der Waals surface area contributed by atoms with Crippen LogP contribution in [0, 0.1) is 10.1 Å². The first-order valence-electron chi connectivity index (χ1n) is 8.56. The summed E-state index contributed by atoms with van der Waals surface area (Å²) in [5.74, 6) is 0. The van der Waals surface area contributed by atoms with Crippen molar-refractivity contribution in [2.75, 3.05) is 5.43 Å². The van der Waals surface area contributed by atoms with Gasteiger partial charge >= 0.3 is 6.18 Å². The van der Waals surface area contributed by atoms with Gasteiger partial charge in [0.2, 0.25) is 5.13 Å². The van der Waals surface area contributed by atoms with Gasteiger partial charge in [-0.15, -0.1) is 0 Å². The molecule has 0 saturated heterocycles. The first kappa shape index (κ1) is 20.3. The molecule has 9 nitrogen and oxygen atoms in total. The van der Waals surface area contributed by atoms with Gasteiger partial charge in [0.05, 0.1) is 32.6 Å². The third-order valence-electron chi connectivity index (χ3n) is 4.15. The van der Waals surface area contributed by atoms with Crippen molar-refractivity contribution in [3.05, 3.63) is 80.3 Å². The maximum Gasteiger partial charge on any atom is 0.433 e. The summed E-state index contributed by atoms with van der Waals surface area (Å²) in [6.07, 6.45) is -4.09. The molecule has 2 aromatic carbocycles. The van der Waals surface area contributed by atoms with Crippen molar-refractivity contribution in [2.24, 2.45) is 5.10 Å². The fourth-order valence-electron chi connectivity index (χ4n) is 2.71. The number of nitro benzene ring substituents is 1. The largest absolute Gasteiger partial charge is 0.433 e. The Bertz CT molecular complexity index is 1320. The Labute approximate surface area is 174 Å². The number of aromatic amines is 1. The van der Waals surface area contributed by atoms with Gasteiger partial charge in [0, 0.05) is 12.1 Å². The quantitative estimate of drug-likeness (QED) is 0.270. The summed E-state index contributed by atoms with van der Waals surface area (Å²) in [6.45, 7) is 0. The molecule has 4 rings (SSSR count). The second-order valence-corrected chi connectivity index (χ2v) is 7.19. The molecule has 2 heterocycles. The molecule has 0 radical (unpaired) electrons. The van der Waals surface area contributed by atoms with Crippen LogP contribution in [-0.2, 0) is 6.18 Å². The monoisotopic (exact) mass is 448 g/mol. The van der Waals surface area contributed by atoms with Crippen molar-refractivity contribution in [2.45, 2.75) is 6.18 Å². The van der Waals surface area contributed by atoms with Gasteiger partial charge in [0.15, 0.2) is 5.69 Å². The molecule has 31 heavy (non-hydrogen) atoms. The Morgan fingerprint density at radius 2 is 1.90 bits per heavy atom. The number of thiazole rings is 1. The number of anilines is 1. The van der Waals surface area contributed by atoms with Gasteiger partial charge in [0.25, 0.3) is 11.2 Å². The second-order valence-electron chi connectivity index (χ2n) is 6.18. The Hall–Kier alpha value is -4.00. The van der Waals surface area contributed by atoms with Crippen molar-refractivity contribution in [1.29, 1.82) is 0 Å². The number of rotatable bonds is 5. The molecule has 4 aromatic rings. The van der Waals surface area contributed by atoms with Crippen LogP contribution in [0.3, 0.4) is 0 Å². The molecule has 0 bridgehead atoms. The number of fused-ring (bicyclic) bond motifs is 1. The van der Waals surface area contributed by atoms with Crippen molar-refractivity contribution in [1.82, 2.24) is 14.8 Å². The SMILES string of the molecule is O=c1c(/C=N/Nc2ccc([N+](=O)[O-])cc2)c(C(F)(F)F)[nH]n1-c1nc2ccccc2s1. The van der Waals surface area contributed by atoms with Crippen molar-refractivity contribution < 1.29 is 18.1 Å². The van der Waals surface area contributed by atoms with E-state index >= 15 is 0 Å². The molecule has 13 heteroatoms. The van der Waals surface area contributed by atoms with E-state index in [1.54, 1.807) is 24.3 Å². The molecule has 2 N–H and O–H groups in total. The Balaban J connectivity index is 1.68. The first-order valence-corrected chi connectivity index (χ1v) is 9.37. The lowest BCUT2D eigenvalue weighted by atomic mass is 10.2. The van der Waals surface area contributed by atoms with Crippen molar-refractivity contribution in [3.63, 3.8) is 0 Å². The molecule has 0 saturated carbocycles. The number of H-pyrrole nitrogens is 1. The van der Waals surface area contributed by atoms with E-state index < -0.39 is 27.9 Å². The van der Waals surface area contributed by atoms with E-state index in [0.717, 1.165) is 22.2 Å². The molecular weight excluding hydrogens is 437 g/mol.